The zero-order valence-electron chi connectivity index (χ0n) is 22.3. The first kappa shape index (κ1) is 26.4. The zero-order chi connectivity index (χ0) is 28.0. The number of aromatic nitrogens is 4. The van der Waals surface area contributed by atoms with Crippen molar-refractivity contribution in [2.24, 2.45) is 7.05 Å². The SMILES string of the molecule is COc1cc2c(nc1OC)c(-c1cc3c(CSc4cccs4)ccnc3n1S(=O)(=O)c1ccc(C)cc1)cn2C. The van der Waals surface area contributed by atoms with Gasteiger partial charge in [0.2, 0.25) is 0 Å². The van der Waals surface area contributed by atoms with Crippen molar-refractivity contribution >= 4 is 55.2 Å². The normalized spacial score (nSPS) is 11.9. The van der Waals surface area contributed by atoms with E-state index in [1.54, 1.807) is 60.7 Å². The zero-order valence-corrected chi connectivity index (χ0v) is 24.7. The first-order valence-corrected chi connectivity index (χ1v) is 15.7. The second-order valence-corrected chi connectivity index (χ2v) is 13.3. The number of methoxy groups -OCH3 is 2. The Labute approximate surface area is 240 Å². The Morgan fingerprint density at radius 3 is 2.55 bits per heavy atom. The third-order valence-electron chi connectivity index (χ3n) is 6.76. The maximum absolute atomic E-state index is 14.3. The lowest BCUT2D eigenvalue weighted by atomic mass is 10.1. The van der Waals surface area contributed by atoms with Gasteiger partial charge in [-0.15, -0.1) is 23.1 Å². The van der Waals surface area contributed by atoms with Gasteiger partial charge in [0.15, 0.2) is 11.4 Å². The van der Waals surface area contributed by atoms with Crippen LogP contribution in [0.25, 0.3) is 33.3 Å². The van der Waals surface area contributed by atoms with Crippen molar-refractivity contribution in [1.82, 2.24) is 18.5 Å². The summed E-state index contributed by atoms with van der Waals surface area (Å²) < 4.78 is 44.0. The highest BCUT2D eigenvalue weighted by Gasteiger charge is 2.28. The van der Waals surface area contributed by atoms with Crippen molar-refractivity contribution in [3.63, 3.8) is 0 Å². The summed E-state index contributed by atoms with van der Waals surface area (Å²) in [4.78, 5) is 9.51. The molecule has 204 valence electrons. The molecule has 6 aromatic rings. The first-order valence-electron chi connectivity index (χ1n) is 12.4. The fourth-order valence-electron chi connectivity index (χ4n) is 4.74. The first-order chi connectivity index (χ1) is 19.3. The van der Waals surface area contributed by atoms with Crippen LogP contribution in [0, 0.1) is 6.92 Å². The largest absolute Gasteiger partial charge is 0.491 e. The van der Waals surface area contributed by atoms with E-state index in [1.807, 2.05) is 54.4 Å². The number of aryl methyl sites for hydroxylation is 2. The van der Waals surface area contributed by atoms with Gasteiger partial charge in [0.25, 0.3) is 15.9 Å². The fraction of sp³-hybridized carbons (Fsp3) is 0.172. The molecule has 0 fully saturated rings. The summed E-state index contributed by atoms with van der Waals surface area (Å²) >= 11 is 3.39. The summed E-state index contributed by atoms with van der Waals surface area (Å²) in [7, 11) is 0.953. The third kappa shape index (κ3) is 4.43. The van der Waals surface area contributed by atoms with Crippen LogP contribution in [0.5, 0.6) is 11.6 Å². The van der Waals surface area contributed by atoms with Crippen molar-refractivity contribution in [3.8, 4) is 22.9 Å². The van der Waals surface area contributed by atoms with E-state index in [0.717, 1.165) is 22.0 Å². The molecule has 0 spiro atoms. The second-order valence-electron chi connectivity index (χ2n) is 9.26. The van der Waals surface area contributed by atoms with Gasteiger partial charge in [-0.3, -0.25) is 0 Å². The van der Waals surface area contributed by atoms with E-state index >= 15 is 0 Å². The van der Waals surface area contributed by atoms with Crippen molar-refractivity contribution in [3.05, 3.63) is 83.5 Å². The Morgan fingerprint density at radius 2 is 1.85 bits per heavy atom. The molecule has 0 N–H and O–H groups in total. The molecule has 5 heterocycles. The van der Waals surface area contributed by atoms with Crippen molar-refractivity contribution in [2.45, 2.75) is 21.8 Å². The summed E-state index contributed by atoms with van der Waals surface area (Å²) in [6, 6.07) is 16.7. The number of hydrogen-bond donors (Lipinski definition) is 0. The monoisotopic (exact) mass is 590 g/mol. The van der Waals surface area contributed by atoms with E-state index in [0.29, 0.717) is 39.8 Å². The van der Waals surface area contributed by atoms with Crippen LogP contribution in [-0.2, 0) is 22.8 Å². The molecule has 0 amide bonds. The van der Waals surface area contributed by atoms with E-state index in [2.05, 4.69) is 11.1 Å². The number of fused-ring (bicyclic) bond motifs is 2. The Hall–Kier alpha value is -3.80. The van der Waals surface area contributed by atoms with Crippen molar-refractivity contribution in [1.29, 1.82) is 0 Å². The van der Waals surface area contributed by atoms with Crippen LogP contribution in [-0.4, -0.2) is 41.1 Å². The lowest BCUT2D eigenvalue weighted by Gasteiger charge is -2.12. The summed E-state index contributed by atoms with van der Waals surface area (Å²) in [5, 5.41) is 2.82. The van der Waals surface area contributed by atoms with Crippen LogP contribution < -0.4 is 9.47 Å². The van der Waals surface area contributed by atoms with Gasteiger partial charge < -0.3 is 14.0 Å². The molecule has 0 unspecified atom stereocenters. The molecule has 40 heavy (non-hydrogen) atoms. The van der Waals surface area contributed by atoms with Gasteiger partial charge in [-0.2, -0.15) is 0 Å². The Balaban J connectivity index is 1.63. The number of hydrogen-bond acceptors (Lipinski definition) is 8. The molecule has 1 aromatic carbocycles. The standard InChI is InChI=1S/C29H26N4O4S3/c1-18-7-9-20(10-8-18)40(34,35)33-23(22-16-32(2)24-15-25(36-3)29(37-4)31-27(22)24)14-21-19(11-12-30-28(21)33)17-39-26-6-5-13-38-26/h5-16H,17H2,1-4H3. The van der Waals surface area contributed by atoms with Crippen LogP contribution in [0.4, 0.5) is 0 Å². The van der Waals surface area contributed by atoms with Crippen molar-refractivity contribution in [2.75, 3.05) is 14.2 Å². The summed E-state index contributed by atoms with van der Waals surface area (Å²) in [6.45, 7) is 1.93. The molecule has 5 aromatic heterocycles. The molecule has 11 heteroatoms. The quantitative estimate of drug-likeness (QED) is 0.187. The van der Waals surface area contributed by atoms with E-state index in [9.17, 15) is 8.42 Å². The fourth-order valence-corrected chi connectivity index (χ4v) is 8.00. The van der Waals surface area contributed by atoms with E-state index in [-0.39, 0.29) is 4.90 Å². The molecule has 8 nitrogen and oxygen atoms in total. The summed E-state index contributed by atoms with van der Waals surface area (Å²) in [5.41, 5.74) is 4.83. The molecule has 0 aliphatic heterocycles. The maximum atomic E-state index is 14.3. The number of thiophene rings is 1. The van der Waals surface area contributed by atoms with E-state index in [4.69, 9.17) is 14.5 Å². The average molecular weight is 591 g/mol. The van der Waals surface area contributed by atoms with Gasteiger partial charge in [0.05, 0.1) is 34.5 Å². The Kier molecular flexibility index (Phi) is 6.81. The molecule has 0 saturated heterocycles. The molecule has 0 radical (unpaired) electrons. The molecular formula is C29H26N4O4S3. The van der Waals surface area contributed by atoms with Crippen LogP contribution in [0.1, 0.15) is 11.1 Å². The second kappa shape index (κ2) is 10.3. The highest BCUT2D eigenvalue weighted by Crippen LogP contribution is 2.40. The molecule has 0 bridgehead atoms. The number of nitrogens with zero attached hydrogens (tertiary/aromatic N) is 4. The molecule has 0 saturated carbocycles. The van der Waals surface area contributed by atoms with Gasteiger partial charge in [-0.1, -0.05) is 23.8 Å². The van der Waals surface area contributed by atoms with Gasteiger partial charge in [0.1, 0.15) is 5.52 Å². The topological polar surface area (TPSA) is 88.2 Å². The van der Waals surface area contributed by atoms with Gasteiger partial charge in [-0.25, -0.2) is 22.4 Å². The van der Waals surface area contributed by atoms with E-state index < -0.39 is 10.0 Å². The minimum Gasteiger partial charge on any atom is -0.491 e. The van der Waals surface area contributed by atoms with Gasteiger partial charge >= 0.3 is 0 Å². The number of thioether (sulfide) groups is 1. The highest BCUT2D eigenvalue weighted by molar-refractivity contribution is 8.00. The van der Waals surface area contributed by atoms with Gasteiger partial charge in [0, 0.05) is 42.2 Å². The predicted molar refractivity (Wildman–Crippen MR) is 160 cm³/mol. The lowest BCUT2D eigenvalue weighted by Crippen LogP contribution is -2.14. The van der Waals surface area contributed by atoms with Crippen molar-refractivity contribution < 1.29 is 17.9 Å². The van der Waals surface area contributed by atoms with Crippen LogP contribution in [0.15, 0.2) is 81.5 Å². The summed E-state index contributed by atoms with van der Waals surface area (Å²) in [5.74, 6) is 1.48. The van der Waals surface area contributed by atoms with Gasteiger partial charge in [-0.05, 0) is 48.2 Å². The molecule has 0 atom stereocenters. The molecule has 6 rings (SSSR count). The average Bonchev–Trinajstić information content (AvgIpc) is 3.69. The highest BCUT2D eigenvalue weighted by atomic mass is 32.2. The predicted octanol–water partition coefficient (Wildman–Crippen LogP) is 6.51. The third-order valence-corrected chi connectivity index (χ3v) is 10.7. The minimum absolute atomic E-state index is 0.185. The Bertz CT molecular complexity index is 1960. The number of ether oxygens (including phenoxy) is 2. The Morgan fingerprint density at radius 1 is 1.05 bits per heavy atom. The van der Waals surface area contributed by atoms with Crippen LogP contribution in [0.2, 0.25) is 0 Å². The van der Waals surface area contributed by atoms with Crippen LogP contribution >= 0.6 is 23.1 Å². The molecular weight excluding hydrogens is 565 g/mol. The van der Waals surface area contributed by atoms with E-state index in [1.165, 1.54) is 15.3 Å². The number of pyridine rings is 2. The maximum Gasteiger partial charge on any atom is 0.269 e. The van der Waals surface area contributed by atoms with Crippen LogP contribution in [0.3, 0.4) is 0 Å². The lowest BCUT2D eigenvalue weighted by molar-refractivity contribution is 0.344. The number of benzene rings is 1. The number of rotatable bonds is 8. The molecule has 0 aliphatic carbocycles. The minimum atomic E-state index is -4.02. The summed E-state index contributed by atoms with van der Waals surface area (Å²) in [6.07, 6.45) is 3.55. The molecule has 0 aliphatic rings. The smallest absolute Gasteiger partial charge is 0.269 e.